The van der Waals surface area contributed by atoms with Gasteiger partial charge in [0.1, 0.15) is 0 Å². The molecule has 1 rings (SSSR count). The topological polar surface area (TPSA) is 47.3 Å². The van der Waals surface area contributed by atoms with Gasteiger partial charge in [-0.1, -0.05) is 46.5 Å². The molecular weight excluding hydrogens is 236 g/mol. The summed E-state index contributed by atoms with van der Waals surface area (Å²) in [7, 11) is 0. The van der Waals surface area contributed by atoms with Crippen LogP contribution in [0.25, 0.3) is 0 Å². The van der Waals surface area contributed by atoms with Crippen LogP contribution in [0, 0.1) is 11.8 Å². The van der Waals surface area contributed by atoms with E-state index in [4.69, 9.17) is 10.6 Å². The van der Waals surface area contributed by atoms with Gasteiger partial charge in [0.15, 0.2) is 0 Å². The summed E-state index contributed by atoms with van der Waals surface area (Å²) in [5.74, 6) is 7.42. The van der Waals surface area contributed by atoms with Gasteiger partial charge in [0.2, 0.25) is 0 Å². The normalized spacial score (nSPS) is 26.4. The van der Waals surface area contributed by atoms with Crippen molar-refractivity contribution in [2.75, 3.05) is 6.61 Å². The number of nitrogens with one attached hydrogen (secondary N) is 1. The van der Waals surface area contributed by atoms with Gasteiger partial charge in [-0.2, -0.15) is 0 Å². The second kappa shape index (κ2) is 8.23. The Hall–Kier alpha value is -0.120. The monoisotopic (exact) mass is 270 g/mol. The largest absolute Gasteiger partial charge is 0.374 e. The van der Waals surface area contributed by atoms with E-state index in [2.05, 4.69) is 33.1 Å². The summed E-state index contributed by atoms with van der Waals surface area (Å²) in [4.78, 5) is 0. The lowest BCUT2D eigenvalue weighted by Crippen LogP contribution is -2.59. The maximum atomic E-state index is 6.18. The predicted molar refractivity (Wildman–Crippen MR) is 81.8 cm³/mol. The maximum absolute atomic E-state index is 6.18. The third-order valence-electron chi connectivity index (χ3n) is 5.30. The van der Waals surface area contributed by atoms with Crippen molar-refractivity contribution in [2.24, 2.45) is 17.7 Å². The second-order valence-electron chi connectivity index (χ2n) is 5.97. The Bertz CT molecular complexity index is 241. The van der Waals surface area contributed by atoms with Crippen LogP contribution in [0.2, 0.25) is 0 Å². The summed E-state index contributed by atoms with van der Waals surface area (Å²) in [5, 5.41) is 0. The first-order valence-corrected chi connectivity index (χ1v) is 8.29. The van der Waals surface area contributed by atoms with Crippen LogP contribution in [-0.4, -0.2) is 18.2 Å². The molecule has 1 aliphatic rings. The van der Waals surface area contributed by atoms with E-state index in [0.29, 0.717) is 5.92 Å². The molecule has 114 valence electrons. The molecule has 0 aromatic carbocycles. The lowest BCUT2D eigenvalue weighted by molar-refractivity contribution is -0.0958. The number of nitrogens with two attached hydrogens (primary N) is 1. The molecule has 1 saturated carbocycles. The van der Waals surface area contributed by atoms with E-state index in [1.165, 1.54) is 32.1 Å². The van der Waals surface area contributed by atoms with E-state index in [-0.39, 0.29) is 11.6 Å². The number of hydrogen-bond acceptors (Lipinski definition) is 3. The molecule has 1 aliphatic carbocycles. The molecule has 0 heterocycles. The molecule has 0 aliphatic heterocycles. The Labute approximate surface area is 119 Å². The van der Waals surface area contributed by atoms with Gasteiger partial charge < -0.3 is 4.74 Å². The molecule has 0 radical (unpaired) electrons. The van der Waals surface area contributed by atoms with Crippen molar-refractivity contribution in [3.63, 3.8) is 0 Å². The van der Waals surface area contributed by atoms with Crippen molar-refractivity contribution >= 4 is 0 Å². The highest BCUT2D eigenvalue weighted by molar-refractivity contribution is 4.97. The van der Waals surface area contributed by atoms with Crippen molar-refractivity contribution < 1.29 is 4.74 Å². The molecule has 3 heteroatoms. The zero-order valence-corrected chi connectivity index (χ0v) is 13.4. The lowest BCUT2D eigenvalue weighted by Gasteiger charge is -2.46. The molecule has 0 saturated heterocycles. The van der Waals surface area contributed by atoms with Gasteiger partial charge in [-0.3, -0.25) is 11.3 Å². The van der Waals surface area contributed by atoms with E-state index in [1.807, 2.05) is 0 Å². The van der Waals surface area contributed by atoms with Crippen molar-refractivity contribution in [1.82, 2.24) is 5.43 Å². The average molecular weight is 270 g/mol. The number of hydrazine groups is 1. The molecule has 3 atom stereocenters. The summed E-state index contributed by atoms with van der Waals surface area (Å²) in [6, 6.07) is 0.285. The Balaban J connectivity index is 2.93. The van der Waals surface area contributed by atoms with Gasteiger partial charge >= 0.3 is 0 Å². The van der Waals surface area contributed by atoms with Crippen molar-refractivity contribution in [3.05, 3.63) is 0 Å². The maximum Gasteiger partial charge on any atom is 0.0845 e. The summed E-state index contributed by atoms with van der Waals surface area (Å²) in [5.41, 5.74) is 3.04. The van der Waals surface area contributed by atoms with Crippen LogP contribution < -0.4 is 11.3 Å². The minimum Gasteiger partial charge on any atom is -0.374 e. The van der Waals surface area contributed by atoms with Gasteiger partial charge in [-0.15, -0.1) is 0 Å². The van der Waals surface area contributed by atoms with Gasteiger partial charge in [-0.25, -0.2) is 0 Å². The fourth-order valence-corrected chi connectivity index (χ4v) is 4.12. The van der Waals surface area contributed by atoms with Gasteiger partial charge in [0, 0.05) is 6.61 Å². The van der Waals surface area contributed by atoms with Crippen molar-refractivity contribution in [3.8, 4) is 0 Å². The van der Waals surface area contributed by atoms with Crippen molar-refractivity contribution in [2.45, 2.75) is 84.3 Å². The van der Waals surface area contributed by atoms with Crippen LogP contribution >= 0.6 is 0 Å². The highest BCUT2D eigenvalue weighted by Gasteiger charge is 2.43. The predicted octanol–water partition coefficient (Wildman–Crippen LogP) is 3.63. The van der Waals surface area contributed by atoms with Crippen LogP contribution in [0.3, 0.4) is 0 Å². The van der Waals surface area contributed by atoms with E-state index in [9.17, 15) is 0 Å². The molecule has 0 spiro atoms. The van der Waals surface area contributed by atoms with Gasteiger partial charge in [0.25, 0.3) is 0 Å². The fraction of sp³-hybridized carbons (Fsp3) is 1.00. The highest BCUT2D eigenvalue weighted by atomic mass is 16.5. The molecule has 19 heavy (non-hydrogen) atoms. The third-order valence-corrected chi connectivity index (χ3v) is 5.30. The molecule has 0 bridgehead atoms. The van der Waals surface area contributed by atoms with Crippen LogP contribution in [0.5, 0.6) is 0 Å². The van der Waals surface area contributed by atoms with E-state index in [0.717, 1.165) is 25.4 Å². The highest BCUT2D eigenvalue weighted by Crippen LogP contribution is 2.40. The molecular formula is C16H34N2O. The molecule has 0 aromatic rings. The summed E-state index contributed by atoms with van der Waals surface area (Å²) in [6.07, 6.45) is 8.69. The van der Waals surface area contributed by atoms with Crippen molar-refractivity contribution in [1.29, 1.82) is 0 Å². The molecule has 0 aromatic heterocycles. The second-order valence-corrected chi connectivity index (χ2v) is 5.97. The zero-order chi connectivity index (χ0) is 14.3. The summed E-state index contributed by atoms with van der Waals surface area (Å²) >= 11 is 0. The first kappa shape index (κ1) is 16.9. The summed E-state index contributed by atoms with van der Waals surface area (Å²) in [6.45, 7) is 9.63. The number of rotatable bonds is 8. The molecule has 1 fully saturated rings. The zero-order valence-electron chi connectivity index (χ0n) is 13.4. The van der Waals surface area contributed by atoms with Crippen LogP contribution in [-0.2, 0) is 4.74 Å². The molecule has 3 N–H and O–H groups in total. The Kier molecular flexibility index (Phi) is 7.33. The fourth-order valence-electron chi connectivity index (χ4n) is 4.12. The lowest BCUT2D eigenvalue weighted by atomic mass is 9.68. The van der Waals surface area contributed by atoms with E-state index >= 15 is 0 Å². The smallest absolute Gasteiger partial charge is 0.0845 e. The number of hydrogen-bond donors (Lipinski definition) is 2. The standard InChI is InChI=1S/C16H34N2O/c1-5-13-11-9-10-12-14(13)15(18-17)16(6-2,7-3)19-8-4/h13-15,18H,5-12,17H2,1-4H3. The Morgan fingerprint density at radius 2 is 1.79 bits per heavy atom. The number of ether oxygens (including phenoxy) is 1. The van der Waals surface area contributed by atoms with Crippen LogP contribution in [0.15, 0.2) is 0 Å². The Morgan fingerprint density at radius 3 is 2.26 bits per heavy atom. The van der Waals surface area contributed by atoms with Crippen LogP contribution in [0.1, 0.15) is 72.6 Å². The first-order chi connectivity index (χ1) is 9.18. The van der Waals surface area contributed by atoms with Gasteiger partial charge in [0.05, 0.1) is 11.6 Å². The first-order valence-electron chi connectivity index (χ1n) is 8.29. The average Bonchev–Trinajstić information content (AvgIpc) is 2.47. The molecule has 3 unspecified atom stereocenters. The molecule has 3 nitrogen and oxygen atoms in total. The third kappa shape index (κ3) is 3.71. The molecule has 0 amide bonds. The Morgan fingerprint density at radius 1 is 1.16 bits per heavy atom. The quantitative estimate of drug-likeness (QED) is 0.523. The SMILES string of the molecule is CCOC(CC)(CC)C(NN)C1CCCCC1CC. The van der Waals surface area contributed by atoms with E-state index in [1.54, 1.807) is 0 Å². The van der Waals surface area contributed by atoms with Gasteiger partial charge in [-0.05, 0) is 38.0 Å². The van der Waals surface area contributed by atoms with E-state index < -0.39 is 0 Å². The van der Waals surface area contributed by atoms with Crippen LogP contribution in [0.4, 0.5) is 0 Å². The summed E-state index contributed by atoms with van der Waals surface area (Å²) < 4.78 is 6.18. The minimum absolute atomic E-state index is 0.0983. The minimum atomic E-state index is -0.0983.